The van der Waals surface area contributed by atoms with Gasteiger partial charge in [0.2, 0.25) is 0 Å². The quantitative estimate of drug-likeness (QED) is 0.437. The summed E-state index contributed by atoms with van der Waals surface area (Å²) in [5.41, 5.74) is 0. The van der Waals surface area contributed by atoms with Crippen LogP contribution in [0.25, 0.3) is 0 Å². The molecule has 0 bridgehead atoms. The Morgan fingerprint density at radius 3 is 2.12 bits per heavy atom. The normalized spacial score (nSPS) is 11.2. The number of carbonyl (C=O) groups is 1. The third-order valence-corrected chi connectivity index (χ3v) is 2.65. The molecule has 0 N–H and O–H groups in total. The van der Waals surface area contributed by atoms with Gasteiger partial charge in [-0.1, -0.05) is 45.6 Å². The Labute approximate surface area is 100 Å². The first kappa shape index (κ1) is 15.2. The minimum absolute atomic E-state index is 0.208. The van der Waals surface area contributed by atoms with Gasteiger partial charge in [0.15, 0.2) is 0 Å². The van der Waals surface area contributed by atoms with Gasteiger partial charge in [-0.05, 0) is 25.7 Å². The van der Waals surface area contributed by atoms with Gasteiger partial charge in [0, 0.05) is 6.08 Å². The number of rotatable bonds is 9. The van der Waals surface area contributed by atoms with E-state index in [1.807, 2.05) is 13.0 Å². The lowest BCUT2D eigenvalue weighted by Crippen LogP contribution is -2.02. The third kappa shape index (κ3) is 8.51. The van der Waals surface area contributed by atoms with Crippen molar-refractivity contribution in [2.45, 2.75) is 59.3 Å². The zero-order valence-electron chi connectivity index (χ0n) is 11.0. The number of hydrogen-bond acceptors (Lipinski definition) is 2. The van der Waals surface area contributed by atoms with Crippen LogP contribution in [0.2, 0.25) is 0 Å². The minimum atomic E-state index is -0.208. The maximum Gasteiger partial charge on any atom is 0.330 e. The average Bonchev–Trinajstić information content (AvgIpc) is 2.28. The smallest absolute Gasteiger partial charge is 0.330 e. The van der Waals surface area contributed by atoms with Crippen LogP contribution < -0.4 is 0 Å². The van der Waals surface area contributed by atoms with Crippen molar-refractivity contribution in [1.82, 2.24) is 0 Å². The lowest BCUT2D eigenvalue weighted by Gasteiger charge is -2.11. The van der Waals surface area contributed by atoms with Gasteiger partial charge < -0.3 is 4.74 Å². The van der Waals surface area contributed by atoms with Crippen LogP contribution in [0, 0.1) is 5.92 Å². The lowest BCUT2D eigenvalue weighted by atomic mass is 9.95. The molecule has 0 aromatic rings. The first-order chi connectivity index (χ1) is 7.74. The van der Waals surface area contributed by atoms with Crippen LogP contribution in [0.3, 0.4) is 0 Å². The topological polar surface area (TPSA) is 26.3 Å². The number of hydrogen-bond donors (Lipinski definition) is 0. The fraction of sp³-hybridized carbons (Fsp3) is 0.786. The molecule has 0 heterocycles. The standard InChI is InChI=1S/C14H26O2/c1-4-7-9-13(10-8-5-2)11-12-14(15)16-6-3/h11-13H,4-10H2,1-3H3. The highest BCUT2D eigenvalue weighted by Gasteiger charge is 2.04. The van der Waals surface area contributed by atoms with Crippen molar-refractivity contribution in [3.63, 3.8) is 0 Å². The highest BCUT2D eigenvalue weighted by molar-refractivity contribution is 5.81. The van der Waals surface area contributed by atoms with Crippen molar-refractivity contribution >= 4 is 5.97 Å². The molecule has 0 aliphatic heterocycles. The highest BCUT2D eigenvalue weighted by atomic mass is 16.5. The van der Waals surface area contributed by atoms with Crippen LogP contribution in [0.1, 0.15) is 59.3 Å². The molecule has 2 heteroatoms. The Hall–Kier alpha value is -0.790. The lowest BCUT2D eigenvalue weighted by molar-refractivity contribution is -0.137. The van der Waals surface area contributed by atoms with Gasteiger partial charge in [0.25, 0.3) is 0 Å². The molecule has 0 saturated heterocycles. The van der Waals surface area contributed by atoms with E-state index in [-0.39, 0.29) is 5.97 Å². The first-order valence-electron chi connectivity index (χ1n) is 6.59. The Kier molecular flexibility index (Phi) is 10.2. The summed E-state index contributed by atoms with van der Waals surface area (Å²) in [4.78, 5) is 11.2. The van der Waals surface area contributed by atoms with Gasteiger partial charge in [-0.25, -0.2) is 4.79 Å². The zero-order valence-corrected chi connectivity index (χ0v) is 11.0. The van der Waals surface area contributed by atoms with Crippen LogP contribution in [0.5, 0.6) is 0 Å². The summed E-state index contributed by atoms with van der Waals surface area (Å²) in [6.07, 6.45) is 10.9. The van der Waals surface area contributed by atoms with Gasteiger partial charge >= 0.3 is 5.97 Å². The van der Waals surface area contributed by atoms with Gasteiger partial charge in [0.1, 0.15) is 0 Å². The van der Waals surface area contributed by atoms with Gasteiger partial charge in [-0.3, -0.25) is 0 Å². The van der Waals surface area contributed by atoms with Crippen molar-refractivity contribution in [3.8, 4) is 0 Å². The Bertz CT molecular complexity index is 189. The molecule has 16 heavy (non-hydrogen) atoms. The second kappa shape index (κ2) is 10.7. The van der Waals surface area contributed by atoms with Gasteiger partial charge in [-0.15, -0.1) is 0 Å². The molecule has 0 atom stereocenters. The molecule has 0 amide bonds. The molecule has 0 aliphatic carbocycles. The molecule has 0 aromatic carbocycles. The van der Waals surface area contributed by atoms with Gasteiger partial charge in [-0.2, -0.15) is 0 Å². The van der Waals surface area contributed by atoms with E-state index in [1.165, 1.54) is 38.5 Å². The summed E-state index contributed by atoms with van der Waals surface area (Å²) < 4.78 is 4.88. The molecule has 0 unspecified atom stereocenters. The van der Waals surface area contributed by atoms with Crippen LogP contribution in [0.15, 0.2) is 12.2 Å². The SMILES string of the molecule is CCCCC(C=CC(=O)OCC)CCCC. The maximum atomic E-state index is 11.2. The molecule has 0 spiro atoms. The van der Waals surface area contributed by atoms with Crippen LogP contribution in [0.4, 0.5) is 0 Å². The Morgan fingerprint density at radius 1 is 1.12 bits per heavy atom. The summed E-state index contributed by atoms with van der Waals surface area (Å²) in [6, 6.07) is 0. The minimum Gasteiger partial charge on any atom is -0.463 e. The molecule has 94 valence electrons. The third-order valence-electron chi connectivity index (χ3n) is 2.65. The second-order valence-corrected chi connectivity index (χ2v) is 4.16. The summed E-state index contributed by atoms with van der Waals surface area (Å²) in [7, 11) is 0. The molecule has 0 aromatic heterocycles. The van der Waals surface area contributed by atoms with E-state index in [0.29, 0.717) is 12.5 Å². The highest BCUT2D eigenvalue weighted by Crippen LogP contribution is 2.17. The molecule has 0 rings (SSSR count). The first-order valence-corrected chi connectivity index (χ1v) is 6.59. The predicted octanol–water partition coefficient (Wildman–Crippen LogP) is 4.10. The van der Waals surface area contributed by atoms with Crippen LogP contribution in [-0.4, -0.2) is 12.6 Å². The maximum absolute atomic E-state index is 11.2. The summed E-state index contributed by atoms with van der Waals surface area (Å²) in [6.45, 7) is 6.69. The molecular weight excluding hydrogens is 200 g/mol. The summed E-state index contributed by atoms with van der Waals surface area (Å²) >= 11 is 0. The predicted molar refractivity (Wildman–Crippen MR) is 68.3 cm³/mol. The molecular formula is C14H26O2. The van der Waals surface area contributed by atoms with Crippen molar-refractivity contribution in [3.05, 3.63) is 12.2 Å². The number of allylic oxidation sites excluding steroid dienone is 1. The van der Waals surface area contributed by atoms with Gasteiger partial charge in [0.05, 0.1) is 6.61 Å². The van der Waals surface area contributed by atoms with Crippen LogP contribution in [-0.2, 0) is 9.53 Å². The van der Waals surface area contributed by atoms with Crippen molar-refractivity contribution in [1.29, 1.82) is 0 Å². The zero-order chi connectivity index (χ0) is 12.2. The fourth-order valence-corrected chi connectivity index (χ4v) is 1.67. The summed E-state index contributed by atoms with van der Waals surface area (Å²) in [5.74, 6) is 0.338. The number of unbranched alkanes of at least 4 members (excludes halogenated alkanes) is 2. The van der Waals surface area contributed by atoms with E-state index in [0.717, 1.165) is 0 Å². The number of ether oxygens (including phenoxy) is 1. The number of carbonyl (C=O) groups excluding carboxylic acids is 1. The molecule has 2 nitrogen and oxygen atoms in total. The summed E-state index contributed by atoms with van der Waals surface area (Å²) in [5, 5.41) is 0. The Morgan fingerprint density at radius 2 is 1.69 bits per heavy atom. The van der Waals surface area contributed by atoms with Crippen molar-refractivity contribution in [2.24, 2.45) is 5.92 Å². The van der Waals surface area contributed by atoms with E-state index in [1.54, 1.807) is 6.08 Å². The van der Waals surface area contributed by atoms with Crippen molar-refractivity contribution < 1.29 is 9.53 Å². The van der Waals surface area contributed by atoms with Crippen LogP contribution >= 0.6 is 0 Å². The average molecular weight is 226 g/mol. The van der Waals surface area contributed by atoms with Crippen molar-refractivity contribution in [2.75, 3.05) is 6.61 Å². The molecule has 0 fully saturated rings. The largest absolute Gasteiger partial charge is 0.463 e. The van der Waals surface area contributed by atoms with E-state index in [2.05, 4.69) is 13.8 Å². The Balaban J connectivity index is 4.01. The fourth-order valence-electron chi connectivity index (χ4n) is 1.67. The van der Waals surface area contributed by atoms with E-state index < -0.39 is 0 Å². The van der Waals surface area contributed by atoms with E-state index in [9.17, 15) is 4.79 Å². The molecule has 0 aliphatic rings. The van der Waals surface area contributed by atoms with E-state index in [4.69, 9.17) is 4.74 Å². The second-order valence-electron chi connectivity index (χ2n) is 4.16. The molecule has 0 saturated carbocycles. The molecule has 0 radical (unpaired) electrons. The number of esters is 1. The van der Waals surface area contributed by atoms with E-state index >= 15 is 0 Å². The monoisotopic (exact) mass is 226 g/mol.